The first kappa shape index (κ1) is 22.0. The summed E-state index contributed by atoms with van der Waals surface area (Å²) in [4.78, 5) is 19.1. The summed E-state index contributed by atoms with van der Waals surface area (Å²) in [5.74, 6) is 0.723. The lowest BCUT2D eigenvalue weighted by molar-refractivity contribution is 0.191. The standard InChI is InChI=1S/C25H29N5O2/c1-18-3-4-19(13-20(18)15-26)16-27-21-7-9-29(10-8-21)11-12-30-24-14-22(32-2)5-6-23(24)28-17-25(30)31/h3-6,13-14,17,21,27H,7-12,16H2,1-2H3. The Morgan fingerprint density at radius 2 is 2.00 bits per heavy atom. The van der Waals surface area contributed by atoms with Crippen molar-refractivity contribution in [2.24, 2.45) is 0 Å². The van der Waals surface area contributed by atoms with Crippen molar-refractivity contribution in [3.63, 3.8) is 0 Å². The third kappa shape index (κ3) is 4.98. The van der Waals surface area contributed by atoms with Gasteiger partial charge in [0, 0.05) is 31.7 Å². The van der Waals surface area contributed by atoms with Crippen LogP contribution in [0.2, 0.25) is 0 Å². The molecule has 1 saturated heterocycles. The fourth-order valence-electron chi connectivity index (χ4n) is 4.26. The summed E-state index contributed by atoms with van der Waals surface area (Å²) < 4.78 is 7.11. The smallest absolute Gasteiger partial charge is 0.269 e. The number of aryl methyl sites for hydroxylation is 1. The zero-order valence-electron chi connectivity index (χ0n) is 18.7. The molecule has 0 saturated carbocycles. The van der Waals surface area contributed by atoms with E-state index in [1.54, 1.807) is 11.7 Å². The van der Waals surface area contributed by atoms with Crippen LogP contribution in [-0.4, -0.2) is 47.2 Å². The van der Waals surface area contributed by atoms with Crippen LogP contribution in [0, 0.1) is 18.3 Å². The molecule has 0 radical (unpaired) electrons. The van der Waals surface area contributed by atoms with Crippen molar-refractivity contribution in [3.05, 3.63) is 69.6 Å². The number of hydrogen-bond acceptors (Lipinski definition) is 6. The molecule has 32 heavy (non-hydrogen) atoms. The van der Waals surface area contributed by atoms with Gasteiger partial charge in [0.1, 0.15) is 5.75 Å². The van der Waals surface area contributed by atoms with E-state index in [0.29, 0.717) is 12.6 Å². The van der Waals surface area contributed by atoms with Crippen molar-refractivity contribution >= 4 is 11.0 Å². The van der Waals surface area contributed by atoms with Crippen LogP contribution in [0.15, 0.2) is 47.4 Å². The number of rotatable bonds is 7. The van der Waals surface area contributed by atoms with Gasteiger partial charge in [-0.15, -0.1) is 0 Å². The van der Waals surface area contributed by atoms with Gasteiger partial charge in [-0.3, -0.25) is 4.79 Å². The van der Waals surface area contributed by atoms with E-state index < -0.39 is 0 Å². The first-order chi connectivity index (χ1) is 15.6. The van der Waals surface area contributed by atoms with Gasteiger partial charge in [0.15, 0.2) is 0 Å². The van der Waals surface area contributed by atoms with E-state index in [0.717, 1.165) is 72.5 Å². The van der Waals surface area contributed by atoms with Gasteiger partial charge in [-0.25, -0.2) is 4.98 Å². The molecule has 0 aliphatic carbocycles. The first-order valence-electron chi connectivity index (χ1n) is 11.1. The predicted molar refractivity (Wildman–Crippen MR) is 125 cm³/mol. The molecule has 1 aliphatic rings. The summed E-state index contributed by atoms with van der Waals surface area (Å²) in [6, 6.07) is 14.4. The Hall–Kier alpha value is -3.21. The molecular formula is C25H29N5O2. The minimum absolute atomic E-state index is 0.0860. The Bertz CT molecular complexity index is 1190. The summed E-state index contributed by atoms with van der Waals surface area (Å²) >= 11 is 0. The van der Waals surface area contributed by atoms with Gasteiger partial charge in [-0.2, -0.15) is 5.26 Å². The highest BCUT2D eigenvalue weighted by Gasteiger charge is 2.19. The molecule has 0 atom stereocenters. The topological polar surface area (TPSA) is 83.2 Å². The highest BCUT2D eigenvalue weighted by Crippen LogP contribution is 2.18. The predicted octanol–water partition coefficient (Wildman–Crippen LogP) is 2.84. The van der Waals surface area contributed by atoms with Gasteiger partial charge in [0.05, 0.1) is 36.0 Å². The third-order valence-electron chi connectivity index (χ3n) is 6.30. The largest absolute Gasteiger partial charge is 0.497 e. The van der Waals surface area contributed by atoms with Crippen LogP contribution in [0.5, 0.6) is 5.75 Å². The number of nitrogens with one attached hydrogen (secondary N) is 1. The Balaban J connectivity index is 1.31. The second-order valence-electron chi connectivity index (χ2n) is 8.36. The number of ether oxygens (including phenoxy) is 1. The van der Waals surface area contributed by atoms with Crippen molar-refractivity contribution in [1.82, 2.24) is 19.8 Å². The molecule has 0 bridgehead atoms. The number of methoxy groups -OCH3 is 1. The van der Waals surface area contributed by atoms with Gasteiger partial charge in [-0.1, -0.05) is 12.1 Å². The van der Waals surface area contributed by atoms with Crippen molar-refractivity contribution < 1.29 is 4.74 Å². The summed E-state index contributed by atoms with van der Waals surface area (Å²) in [6.07, 6.45) is 3.53. The maximum absolute atomic E-state index is 12.5. The molecular weight excluding hydrogens is 402 g/mol. The second-order valence-corrected chi connectivity index (χ2v) is 8.36. The maximum Gasteiger partial charge on any atom is 0.269 e. The Morgan fingerprint density at radius 3 is 2.75 bits per heavy atom. The van der Waals surface area contributed by atoms with Crippen molar-refractivity contribution in [2.75, 3.05) is 26.7 Å². The zero-order chi connectivity index (χ0) is 22.5. The van der Waals surface area contributed by atoms with Crippen LogP contribution < -0.4 is 15.6 Å². The van der Waals surface area contributed by atoms with E-state index in [9.17, 15) is 10.1 Å². The fourth-order valence-corrected chi connectivity index (χ4v) is 4.26. The van der Waals surface area contributed by atoms with E-state index in [-0.39, 0.29) is 5.56 Å². The lowest BCUT2D eigenvalue weighted by atomic mass is 10.0. The SMILES string of the molecule is COc1ccc2ncc(=O)n(CCN3CCC(NCc4ccc(C)c(C#N)c4)CC3)c2c1. The monoisotopic (exact) mass is 431 g/mol. The lowest BCUT2D eigenvalue weighted by Gasteiger charge is -2.32. The molecule has 2 heterocycles. The summed E-state index contributed by atoms with van der Waals surface area (Å²) in [6.45, 7) is 6.19. The van der Waals surface area contributed by atoms with E-state index in [4.69, 9.17) is 4.74 Å². The molecule has 1 N–H and O–H groups in total. The molecule has 3 aromatic rings. The molecule has 7 nitrogen and oxygen atoms in total. The van der Waals surface area contributed by atoms with Crippen LogP contribution in [0.4, 0.5) is 0 Å². The number of fused-ring (bicyclic) bond motifs is 1. The van der Waals surface area contributed by atoms with E-state index in [2.05, 4.69) is 27.3 Å². The highest BCUT2D eigenvalue weighted by atomic mass is 16.5. The number of benzene rings is 2. The quantitative estimate of drug-likeness (QED) is 0.619. The molecule has 1 aliphatic heterocycles. The van der Waals surface area contributed by atoms with Crippen LogP contribution in [-0.2, 0) is 13.1 Å². The molecule has 7 heteroatoms. The van der Waals surface area contributed by atoms with Gasteiger partial charge < -0.3 is 19.5 Å². The summed E-state index contributed by atoms with van der Waals surface area (Å²) in [5.41, 5.74) is 4.43. The van der Waals surface area contributed by atoms with Crippen LogP contribution in [0.25, 0.3) is 11.0 Å². The Morgan fingerprint density at radius 1 is 1.19 bits per heavy atom. The highest BCUT2D eigenvalue weighted by molar-refractivity contribution is 5.76. The van der Waals surface area contributed by atoms with E-state index in [1.807, 2.05) is 37.3 Å². The average Bonchev–Trinajstić information content (AvgIpc) is 2.83. The Kier molecular flexibility index (Phi) is 6.84. The van der Waals surface area contributed by atoms with Crippen LogP contribution in [0.1, 0.15) is 29.5 Å². The molecule has 1 aromatic heterocycles. The van der Waals surface area contributed by atoms with E-state index in [1.165, 1.54) is 6.20 Å². The number of hydrogen-bond donors (Lipinski definition) is 1. The molecule has 0 amide bonds. The molecule has 2 aromatic carbocycles. The van der Waals surface area contributed by atoms with Gasteiger partial charge in [0.2, 0.25) is 0 Å². The normalized spacial score (nSPS) is 15.0. The Labute approximate surface area is 188 Å². The molecule has 0 unspecified atom stereocenters. The fraction of sp³-hybridized carbons (Fsp3) is 0.400. The number of nitrogens with zero attached hydrogens (tertiary/aromatic N) is 4. The lowest BCUT2D eigenvalue weighted by Crippen LogP contribution is -2.43. The first-order valence-corrected chi connectivity index (χ1v) is 11.1. The second kappa shape index (κ2) is 9.94. The number of aromatic nitrogens is 2. The van der Waals surface area contributed by atoms with Crippen LogP contribution in [0.3, 0.4) is 0 Å². The van der Waals surface area contributed by atoms with E-state index >= 15 is 0 Å². The van der Waals surface area contributed by atoms with Crippen molar-refractivity contribution in [1.29, 1.82) is 5.26 Å². The van der Waals surface area contributed by atoms with Crippen LogP contribution >= 0.6 is 0 Å². The molecule has 1 fully saturated rings. The maximum atomic E-state index is 12.5. The van der Waals surface area contributed by atoms with Crippen molar-refractivity contribution in [2.45, 2.75) is 38.9 Å². The van der Waals surface area contributed by atoms with Gasteiger partial charge in [-0.05, 0) is 62.2 Å². The minimum Gasteiger partial charge on any atom is -0.497 e. The summed E-state index contributed by atoms with van der Waals surface area (Å²) in [7, 11) is 1.62. The number of likely N-dealkylation sites (tertiary alicyclic amines) is 1. The zero-order valence-corrected chi connectivity index (χ0v) is 18.7. The van der Waals surface area contributed by atoms with Gasteiger partial charge in [0.25, 0.3) is 5.56 Å². The molecule has 166 valence electrons. The number of nitriles is 1. The van der Waals surface area contributed by atoms with Crippen molar-refractivity contribution in [3.8, 4) is 11.8 Å². The van der Waals surface area contributed by atoms with Gasteiger partial charge >= 0.3 is 0 Å². The number of piperidine rings is 1. The molecule has 4 rings (SSSR count). The minimum atomic E-state index is -0.0860. The average molecular weight is 432 g/mol. The molecule has 0 spiro atoms. The third-order valence-corrected chi connectivity index (χ3v) is 6.30. The summed E-state index contributed by atoms with van der Waals surface area (Å²) in [5, 5.41) is 12.9.